The maximum atomic E-state index is 12.9. The van der Waals surface area contributed by atoms with E-state index in [9.17, 15) is 18.5 Å². The molecule has 0 fully saturated rings. The first-order chi connectivity index (χ1) is 16.3. The molecule has 0 aliphatic carbocycles. The van der Waals surface area contributed by atoms with Gasteiger partial charge in [-0.2, -0.15) is 5.26 Å². The van der Waals surface area contributed by atoms with E-state index in [0.717, 1.165) is 11.8 Å². The molecule has 1 aromatic heterocycles. The van der Waals surface area contributed by atoms with Gasteiger partial charge in [0.25, 0.3) is 5.91 Å². The highest BCUT2D eigenvalue weighted by Crippen LogP contribution is 2.40. The number of sulfonamides is 1. The van der Waals surface area contributed by atoms with Gasteiger partial charge in [0.2, 0.25) is 10.0 Å². The molecule has 4 aromatic rings. The first-order valence-corrected chi connectivity index (χ1v) is 12.4. The number of nitrogens with two attached hydrogens (primary N) is 1. The molecule has 0 aliphatic heterocycles. The maximum Gasteiger partial charge on any atom is 0.251 e. The van der Waals surface area contributed by atoms with Crippen LogP contribution in [0.3, 0.4) is 0 Å². The topological polar surface area (TPSA) is 126 Å². The Kier molecular flexibility index (Phi) is 6.30. The SMILES string of the molecule is CS(=O)(=O)Nc1c(-c2ccccc2)nc2cccc([C@@H](CC#N)c3ccccc3)c2c1C(N)=O. The monoisotopic (exact) mass is 470 g/mol. The smallest absolute Gasteiger partial charge is 0.251 e. The van der Waals surface area contributed by atoms with Crippen LogP contribution in [0.25, 0.3) is 22.2 Å². The fourth-order valence-electron chi connectivity index (χ4n) is 4.15. The van der Waals surface area contributed by atoms with Gasteiger partial charge in [-0.25, -0.2) is 13.4 Å². The molecule has 0 spiro atoms. The van der Waals surface area contributed by atoms with Crippen LogP contribution in [0.5, 0.6) is 0 Å². The zero-order valence-electron chi connectivity index (χ0n) is 18.4. The van der Waals surface area contributed by atoms with Gasteiger partial charge in [-0.05, 0) is 17.2 Å². The van der Waals surface area contributed by atoms with Gasteiger partial charge in [0.05, 0.1) is 34.8 Å². The van der Waals surface area contributed by atoms with Crippen molar-refractivity contribution in [2.45, 2.75) is 12.3 Å². The fraction of sp³-hybridized carbons (Fsp3) is 0.115. The standard InChI is InChI=1S/C26H22N4O3S/c1-34(32,33)30-25-23(26(28)31)22-20(19(15-16-27)17-9-4-2-5-10-17)13-8-14-21(22)29-24(25)18-11-6-3-7-12-18/h2-14,19,30H,15H2,1H3,(H2,28,31)/t19-/m0/s1. The first-order valence-electron chi connectivity index (χ1n) is 10.5. The Labute approximate surface area is 197 Å². The van der Waals surface area contributed by atoms with Crippen molar-refractivity contribution < 1.29 is 13.2 Å². The highest BCUT2D eigenvalue weighted by molar-refractivity contribution is 7.92. The third-order valence-corrected chi connectivity index (χ3v) is 6.07. The number of hydrogen-bond donors (Lipinski definition) is 2. The van der Waals surface area contributed by atoms with Gasteiger partial charge in [0, 0.05) is 23.3 Å². The normalized spacial score (nSPS) is 12.1. The number of aromatic nitrogens is 1. The van der Waals surface area contributed by atoms with Crippen LogP contribution in [0.2, 0.25) is 0 Å². The van der Waals surface area contributed by atoms with Gasteiger partial charge in [-0.3, -0.25) is 9.52 Å². The lowest BCUT2D eigenvalue weighted by Gasteiger charge is -2.22. The van der Waals surface area contributed by atoms with Crippen molar-refractivity contribution in [2.24, 2.45) is 5.73 Å². The summed E-state index contributed by atoms with van der Waals surface area (Å²) in [5.41, 5.74) is 8.85. The molecule has 170 valence electrons. The van der Waals surface area contributed by atoms with E-state index in [1.807, 2.05) is 42.5 Å². The summed E-state index contributed by atoms with van der Waals surface area (Å²) in [6.07, 6.45) is 1.15. The molecule has 0 aliphatic rings. The number of nitrogens with one attached hydrogen (secondary N) is 1. The number of benzene rings is 3. The van der Waals surface area contributed by atoms with Crippen LogP contribution in [-0.4, -0.2) is 25.6 Å². The van der Waals surface area contributed by atoms with Crippen molar-refractivity contribution in [2.75, 3.05) is 11.0 Å². The van der Waals surface area contributed by atoms with E-state index < -0.39 is 15.9 Å². The summed E-state index contributed by atoms with van der Waals surface area (Å²) in [6.45, 7) is 0. The lowest BCUT2D eigenvalue weighted by molar-refractivity contribution is 0.100. The van der Waals surface area contributed by atoms with Gasteiger partial charge in [-0.1, -0.05) is 72.8 Å². The van der Waals surface area contributed by atoms with Crippen molar-refractivity contribution in [1.82, 2.24) is 4.98 Å². The second kappa shape index (κ2) is 9.33. The molecule has 0 bridgehead atoms. The average Bonchev–Trinajstić information content (AvgIpc) is 2.82. The van der Waals surface area contributed by atoms with Gasteiger partial charge in [0.1, 0.15) is 0 Å². The highest BCUT2D eigenvalue weighted by atomic mass is 32.2. The third-order valence-electron chi connectivity index (χ3n) is 5.50. The average molecular weight is 471 g/mol. The van der Waals surface area contributed by atoms with Crippen LogP contribution in [-0.2, 0) is 10.0 Å². The number of hydrogen-bond acceptors (Lipinski definition) is 5. The van der Waals surface area contributed by atoms with Gasteiger partial charge in [-0.15, -0.1) is 0 Å². The Hall–Kier alpha value is -4.22. The molecule has 0 unspecified atom stereocenters. The number of rotatable bonds is 7. The molecular weight excluding hydrogens is 448 g/mol. The lowest BCUT2D eigenvalue weighted by Crippen LogP contribution is -2.20. The largest absolute Gasteiger partial charge is 0.366 e. The van der Waals surface area contributed by atoms with E-state index in [-0.39, 0.29) is 23.6 Å². The zero-order chi connectivity index (χ0) is 24.3. The van der Waals surface area contributed by atoms with Crippen LogP contribution in [0.4, 0.5) is 5.69 Å². The molecule has 0 radical (unpaired) electrons. The lowest BCUT2D eigenvalue weighted by atomic mass is 9.84. The van der Waals surface area contributed by atoms with Crippen molar-refractivity contribution >= 4 is 32.5 Å². The van der Waals surface area contributed by atoms with Crippen molar-refractivity contribution in [3.63, 3.8) is 0 Å². The van der Waals surface area contributed by atoms with Crippen molar-refractivity contribution in [1.29, 1.82) is 5.26 Å². The molecule has 4 rings (SSSR count). The Morgan fingerprint density at radius 1 is 1.03 bits per heavy atom. The number of nitriles is 1. The summed E-state index contributed by atoms with van der Waals surface area (Å²) in [5.74, 6) is -1.17. The number of nitrogens with zero attached hydrogens (tertiary/aromatic N) is 2. The molecule has 1 heterocycles. The number of amides is 1. The number of pyridine rings is 1. The van der Waals surface area contributed by atoms with Gasteiger partial charge >= 0.3 is 0 Å². The maximum absolute atomic E-state index is 12.9. The van der Waals surface area contributed by atoms with E-state index >= 15 is 0 Å². The number of carbonyl (C=O) groups excluding carboxylic acids is 1. The second-order valence-corrected chi connectivity index (χ2v) is 9.63. The summed E-state index contributed by atoms with van der Waals surface area (Å²) in [6, 6.07) is 26.0. The molecule has 0 saturated carbocycles. The number of fused-ring (bicyclic) bond motifs is 1. The minimum atomic E-state index is -3.78. The van der Waals surface area contributed by atoms with Crippen LogP contribution in [0.1, 0.15) is 33.8 Å². The van der Waals surface area contributed by atoms with E-state index in [4.69, 9.17) is 10.7 Å². The minimum Gasteiger partial charge on any atom is -0.366 e. The second-order valence-electron chi connectivity index (χ2n) is 7.88. The summed E-state index contributed by atoms with van der Waals surface area (Å²) in [5, 5.41) is 9.98. The van der Waals surface area contributed by atoms with E-state index in [0.29, 0.717) is 27.7 Å². The van der Waals surface area contributed by atoms with E-state index in [1.54, 1.807) is 36.4 Å². The summed E-state index contributed by atoms with van der Waals surface area (Å²) < 4.78 is 27.1. The van der Waals surface area contributed by atoms with Crippen molar-refractivity contribution in [3.8, 4) is 17.3 Å². The Balaban J connectivity index is 2.13. The molecule has 1 amide bonds. The summed E-state index contributed by atoms with van der Waals surface area (Å²) >= 11 is 0. The van der Waals surface area contributed by atoms with Crippen LogP contribution in [0.15, 0.2) is 78.9 Å². The zero-order valence-corrected chi connectivity index (χ0v) is 19.2. The Morgan fingerprint density at radius 2 is 1.68 bits per heavy atom. The van der Waals surface area contributed by atoms with Gasteiger partial charge in [0.15, 0.2) is 0 Å². The van der Waals surface area contributed by atoms with E-state index in [2.05, 4.69) is 10.8 Å². The highest BCUT2D eigenvalue weighted by Gasteiger charge is 2.26. The van der Waals surface area contributed by atoms with E-state index in [1.165, 1.54) is 0 Å². The molecule has 8 heteroatoms. The van der Waals surface area contributed by atoms with Crippen LogP contribution < -0.4 is 10.5 Å². The minimum absolute atomic E-state index is 0.0174. The molecule has 0 saturated heterocycles. The Morgan fingerprint density at radius 3 is 2.26 bits per heavy atom. The molecule has 1 atom stereocenters. The molecule has 3 aromatic carbocycles. The van der Waals surface area contributed by atoms with Crippen LogP contribution >= 0.6 is 0 Å². The summed E-state index contributed by atoms with van der Waals surface area (Å²) in [7, 11) is -3.78. The molecule has 34 heavy (non-hydrogen) atoms. The quantitative estimate of drug-likeness (QED) is 0.413. The Bertz CT molecular complexity index is 1510. The van der Waals surface area contributed by atoms with Crippen molar-refractivity contribution in [3.05, 3.63) is 95.6 Å². The molecular formula is C26H22N4O3S. The third kappa shape index (κ3) is 4.60. The number of anilines is 1. The predicted octanol–water partition coefficient (Wildman–Crippen LogP) is 4.42. The fourth-order valence-corrected chi connectivity index (χ4v) is 4.72. The van der Waals surface area contributed by atoms with Gasteiger partial charge < -0.3 is 5.73 Å². The summed E-state index contributed by atoms with van der Waals surface area (Å²) in [4.78, 5) is 17.6. The van der Waals surface area contributed by atoms with Crippen LogP contribution in [0, 0.1) is 11.3 Å². The first kappa shape index (κ1) is 23.0. The predicted molar refractivity (Wildman–Crippen MR) is 133 cm³/mol. The number of carbonyl (C=O) groups is 1. The molecule has 3 N–H and O–H groups in total. The molecule has 7 nitrogen and oxygen atoms in total. The number of primary amides is 1.